The number of carbonyl (C=O) groups is 1. The van der Waals surface area contributed by atoms with Gasteiger partial charge in [0.2, 0.25) is 0 Å². The first-order chi connectivity index (χ1) is 12.0. The van der Waals surface area contributed by atoms with E-state index in [4.69, 9.17) is 11.1 Å². The van der Waals surface area contributed by atoms with Crippen molar-refractivity contribution in [2.24, 2.45) is 5.73 Å². The minimum absolute atomic E-state index is 0.285. The zero-order chi connectivity index (χ0) is 17.8. The molecule has 0 fully saturated rings. The summed E-state index contributed by atoms with van der Waals surface area (Å²) in [5.74, 6) is -0.616. The van der Waals surface area contributed by atoms with Crippen molar-refractivity contribution in [2.75, 3.05) is 18.9 Å². The van der Waals surface area contributed by atoms with Gasteiger partial charge in [-0.1, -0.05) is 36.4 Å². The zero-order valence-corrected chi connectivity index (χ0v) is 14.0. The standard InChI is InChI=1S/C19H21N5O/c1-24(19(20)21)18(25)17-11-14-7-8-15(12-16(14)23-17)22-10-9-13-5-3-2-4-6-13/h2-8,11-12,22-23H,9-10H2,1H3,(H3,20,21). The first-order valence-corrected chi connectivity index (χ1v) is 8.07. The Morgan fingerprint density at radius 2 is 1.96 bits per heavy atom. The third-order valence-corrected chi connectivity index (χ3v) is 4.10. The molecule has 1 amide bonds. The number of hydrogen-bond donors (Lipinski definition) is 4. The van der Waals surface area contributed by atoms with Crippen molar-refractivity contribution in [1.29, 1.82) is 5.41 Å². The van der Waals surface area contributed by atoms with Gasteiger partial charge < -0.3 is 16.0 Å². The summed E-state index contributed by atoms with van der Waals surface area (Å²) in [4.78, 5) is 16.4. The molecule has 0 saturated carbocycles. The zero-order valence-electron chi connectivity index (χ0n) is 14.0. The maximum atomic E-state index is 12.2. The summed E-state index contributed by atoms with van der Waals surface area (Å²) in [5, 5.41) is 11.7. The van der Waals surface area contributed by atoms with Gasteiger partial charge in [0.05, 0.1) is 0 Å². The Kier molecular flexibility index (Phi) is 4.70. The fourth-order valence-electron chi connectivity index (χ4n) is 2.64. The summed E-state index contributed by atoms with van der Waals surface area (Å²) < 4.78 is 0. The van der Waals surface area contributed by atoms with Gasteiger partial charge in [-0.2, -0.15) is 0 Å². The molecule has 0 aliphatic rings. The number of carbonyl (C=O) groups excluding carboxylic acids is 1. The lowest BCUT2D eigenvalue weighted by Crippen LogP contribution is -2.38. The van der Waals surface area contributed by atoms with E-state index >= 15 is 0 Å². The third kappa shape index (κ3) is 3.80. The fraction of sp³-hybridized carbons (Fsp3) is 0.158. The van der Waals surface area contributed by atoms with E-state index in [9.17, 15) is 4.79 Å². The van der Waals surface area contributed by atoms with Gasteiger partial charge >= 0.3 is 0 Å². The Bertz CT molecular complexity index is 901. The second-order valence-electron chi connectivity index (χ2n) is 5.90. The number of rotatable bonds is 5. The number of guanidine groups is 1. The fourth-order valence-corrected chi connectivity index (χ4v) is 2.64. The third-order valence-electron chi connectivity index (χ3n) is 4.10. The Morgan fingerprint density at radius 3 is 2.68 bits per heavy atom. The lowest BCUT2D eigenvalue weighted by molar-refractivity contribution is 0.0864. The predicted octanol–water partition coefficient (Wildman–Crippen LogP) is 2.79. The molecule has 0 saturated heterocycles. The monoisotopic (exact) mass is 335 g/mol. The Balaban J connectivity index is 1.70. The van der Waals surface area contributed by atoms with E-state index in [1.807, 2.05) is 36.4 Å². The second kappa shape index (κ2) is 7.09. The van der Waals surface area contributed by atoms with Gasteiger partial charge in [0.25, 0.3) is 5.91 Å². The van der Waals surface area contributed by atoms with E-state index in [-0.39, 0.29) is 11.9 Å². The Labute approximate surface area is 146 Å². The average Bonchev–Trinajstić information content (AvgIpc) is 3.04. The highest BCUT2D eigenvalue weighted by molar-refractivity contribution is 6.05. The highest BCUT2D eigenvalue weighted by Gasteiger charge is 2.16. The van der Waals surface area contributed by atoms with Crippen molar-refractivity contribution in [3.8, 4) is 0 Å². The van der Waals surface area contributed by atoms with Crippen LogP contribution in [0.1, 0.15) is 16.1 Å². The number of aromatic amines is 1. The molecule has 0 unspecified atom stereocenters. The summed E-state index contributed by atoms with van der Waals surface area (Å²) in [5.41, 5.74) is 8.91. The summed E-state index contributed by atoms with van der Waals surface area (Å²) in [6.07, 6.45) is 0.941. The van der Waals surface area contributed by atoms with Gasteiger partial charge in [-0.05, 0) is 30.2 Å². The Hall–Kier alpha value is -3.28. The van der Waals surface area contributed by atoms with Crippen LogP contribution in [0.15, 0.2) is 54.6 Å². The van der Waals surface area contributed by atoms with Gasteiger partial charge in [0.1, 0.15) is 5.69 Å². The molecule has 128 valence electrons. The number of amides is 1. The topological polar surface area (TPSA) is 98.0 Å². The molecule has 0 spiro atoms. The van der Waals surface area contributed by atoms with Crippen LogP contribution >= 0.6 is 0 Å². The van der Waals surface area contributed by atoms with Gasteiger partial charge in [0.15, 0.2) is 5.96 Å². The molecule has 1 aromatic heterocycles. The van der Waals surface area contributed by atoms with E-state index in [0.29, 0.717) is 5.69 Å². The van der Waals surface area contributed by atoms with E-state index in [1.54, 1.807) is 6.07 Å². The predicted molar refractivity (Wildman–Crippen MR) is 101 cm³/mol. The van der Waals surface area contributed by atoms with Crippen molar-refractivity contribution in [2.45, 2.75) is 6.42 Å². The summed E-state index contributed by atoms with van der Waals surface area (Å²) in [7, 11) is 1.48. The van der Waals surface area contributed by atoms with E-state index < -0.39 is 0 Å². The van der Waals surface area contributed by atoms with Crippen LogP contribution in [0.3, 0.4) is 0 Å². The molecule has 3 aromatic rings. The molecule has 6 heteroatoms. The molecule has 1 heterocycles. The van der Waals surface area contributed by atoms with Crippen molar-refractivity contribution in [3.05, 3.63) is 65.9 Å². The number of nitrogens with two attached hydrogens (primary N) is 1. The van der Waals surface area contributed by atoms with Crippen LogP contribution in [0.25, 0.3) is 10.9 Å². The minimum atomic E-state index is -0.331. The average molecular weight is 335 g/mol. The number of benzene rings is 2. The molecule has 5 N–H and O–H groups in total. The first kappa shape index (κ1) is 16.6. The smallest absolute Gasteiger partial charge is 0.276 e. The minimum Gasteiger partial charge on any atom is -0.385 e. The highest BCUT2D eigenvalue weighted by Crippen LogP contribution is 2.20. The number of fused-ring (bicyclic) bond motifs is 1. The number of aromatic nitrogens is 1. The van der Waals surface area contributed by atoms with Crippen LogP contribution in [0.2, 0.25) is 0 Å². The molecule has 2 aromatic carbocycles. The molecule has 0 aliphatic heterocycles. The van der Waals surface area contributed by atoms with Crippen molar-refractivity contribution >= 4 is 28.5 Å². The van der Waals surface area contributed by atoms with E-state index in [1.165, 1.54) is 12.6 Å². The highest BCUT2D eigenvalue weighted by atomic mass is 16.2. The van der Waals surface area contributed by atoms with Gasteiger partial charge in [-0.3, -0.25) is 15.1 Å². The number of H-pyrrole nitrogens is 1. The van der Waals surface area contributed by atoms with E-state index in [0.717, 1.165) is 34.5 Å². The molecule has 25 heavy (non-hydrogen) atoms. The molecular weight excluding hydrogens is 314 g/mol. The maximum absolute atomic E-state index is 12.2. The molecule has 0 radical (unpaired) electrons. The SMILES string of the molecule is CN(C(=N)N)C(=O)c1cc2ccc(NCCc3ccccc3)cc2[nH]1. The Morgan fingerprint density at radius 1 is 1.20 bits per heavy atom. The number of hydrogen-bond acceptors (Lipinski definition) is 3. The number of nitrogens with one attached hydrogen (secondary N) is 3. The second-order valence-corrected chi connectivity index (χ2v) is 5.90. The van der Waals surface area contributed by atoms with Crippen molar-refractivity contribution in [3.63, 3.8) is 0 Å². The normalized spacial score (nSPS) is 10.6. The molecule has 0 aliphatic carbocycles. The van der Waals surface area contributed by atoms with Crippen LogP contribution < -0.4 is 11.1 Å². The lowest BCUT2D eigenvalue weighted by Gasteiger charge is -2.12. The summed E-state index contributed by atoms with van der Waals surface area (Å²) in [6.45, 7) is 0.828. The van der Waals surface area contributed by atoms with Crippen molar-refractivity contribution in [1.82, 2.24) is 9.88 Å². The number of anilines is 1. The number of nitrogens with zero attached hydrogens (tertiary/aromatic N) is 1. The van der Waals surface area contributed by atoms with Gasteiger partial charge in [-0.25, -0.2) is 0 Å². The van der Waals surface area contributed by atoms with Crippen LogP contribution in [-0.4, -0.2) is 35.3 Å². The molecular formula is C19H21N5O. The quantitative estimate of drug-likeness (QED) is 0.426. The molecule has 3 rings (SSSR count). The van der Waals surface area contributed by atoms with Crippen LogP contribution in [0.5, 0.6) is 0 Å². The van der Waals surface area contributed by atoms with Crippen LogP contribution in [0.4, 0.5) is 5.69 Å². The van der Waals surface area contributed by atoms with Crippen LogP contribution in [-0.2, 0) is 6.42 Å². The largest absolute Gasteiger partial charge is 0.385 e. The van der Waals surface area contributed by atoms with Crippen molar-refractivity contribution < 1.29 is 4.79 Å². The summed E-state index contributed by atoms with van der Waals surface area (Å²) in [6, 6.07) is 18.0. The molecule has 0 bridgehead atoms. The molecule has 6 nitrogen and oxygen atoms in total. The maximum Gasteiger partial charge on any atom is 0.276 e. The van der Waals surface area contributed by atoms with Gasteiger partial charge in [0, 0.05) is 30.2 Å². The lowest BCUT2D eigenvalue weighted by atomic mass is 10.1. The van der Waals surface area contributed by atoms with E-state index in [2.05, 4.69) is 22.4 Å². The first-order valence-electron chi connectivity index (χ1n) is 8.07. The van der Waals surface area contributed by atoms with Crippen LogP contribution in [0, 0.1) is 5.41 Å². The molecule has 0 atom stereocenters. The van der Waals surface area contributed by atoms with Gasteiger partial charge in [-0.15, -0.1) is 0 Å². The summed E-state index contributed by atoms with van der Waals surface area (Å²) >= 11 is 0.